The van der Waals surface area contributed by atoms with Crippen LogP contribution < -0.4 is 15.4 Å². The minimum atomic E-state index is -0.371. The Labute approximate surface area is 145 Å². The number of carbonyl (C=O) groups excluding carboxylic acids is 1. The number of amides is 2. The number of urea groups is 1. The van der Waals surface area contributed by atoms with Crippen molar-refractivity contribution in [1.82, 2.24) is 15.5 Å². The molecule has 0 bridgehead atoms. The highest BCUT2D eigenvalue weighted by molar-refractivity contribution is 5.89. The Hall–Kier alpha value is -3.35. The van der Waals surface area contributed by atoms with Crippen LogP contribution in [0.15, 0.2) is 53.1 Å². The molecule has 0 fully saturated rings. The number of methoxy groups -OCH3 is 1. The SMILES string of the molecule is COc1cccc(NC(=O)NCc2nc(-c3ccccc3C)no2)c1. The number of carbonyl (C=O) groups is 1. The van der Waals surface area contributed by atoms with Crippen LogP contribution >= 0.6 is 0 Å². The molecule has 0 unspecified atom stereocenters. The maximum absolute atomic E-state index is 12.0. The molecule has 3 aromatic rings. The van der Waals surface area contributed by atoms with E-state index in [-0.39, 0.29) is 12.6 Å². The molecule has 2 aromatic carbocycles. The van der Waals surface area contributed by atoms with E-state index in [0.29, 0.717) is 23.2 Å². The van der Waals surface area contributed by atoms with Gasteiger partial charge in [-0.25, -0.2) is 4.79 Å². The highest BCUT2D eigenvalue weighted by Crippen LogP contribution is 2.20. The maximum Gasteiger partial charge on any atom is 0.319 e. The number of benzene rings is 2. The predicted octanol–water partition coefficient (Wildman–Crippen LogP) is 3.38. The van der Waals surface area contributed by atoms with Crippen LogP contribution in [0.25, 0.3) is 11.4 Å². The van der Waals surface area contributed by atoms with Crippen molar-refractivity contribution >= 4 is 11.7 Å². The van der Waals surface area contributed by atoms with Crippen LogP contribution in [-0.4, -0.2) is 23.3 Å². The van der Waals surface area contributed by atoms with Crippen molar-refractivity contribution < 1.29 is 14.1 Å². The Kier molecular flexibility index (Phi) is 4.94. The average Bonchev–Trinajstić information content (AvgIpc) is 3.09. The lowest BCUT2D eigenvalue weighted by Gasteiger charge is -2.07. The van der Waals surface area contributed by atoms with E-state index in [1.807, 2.05) is 31.2 Å². The number of anilines is 1. The van der Waals surface area contributed by atoms with Crippen LogP contribution in [0.4, 0.5) is 10.5 Å². The third kappa shape index (κ3) is 4.14. The number of aromatic nitrogens is 2. The summed E-state index contributed by atoms with van der Waals surface area (Å²) in [6, 6.07) is 14.5. The molecule has 0 radical (unpaired) electrons. The zero-order valence-corrected chi connectivity index (χ0v) is 13.9. The molecular weight excluding hydrogens is 320 g/mol. The molecule has 25 heavy (non-hydrogen) atoms. The predicted molar refractivity (Wildman–Crippen MR) is 93.3 cm³/mol. The second-order valence-corrected chi connectivity index (χ2v) is 5.37. The standard InChI is InChI=1S/C18H18N4O3/c1-12-6-3-4-9-15(12)17-21-16(25-22-17)11-19-18(23)20-13-7-5-8-14(10-13)24-2/h3-10H,11H2,1-2H3,(H2,19,20,23). The summed E-state index contributed by atoms with van der Waals surface area (Å²) in [6.45, 7) is 2.11. The van der Waals surface area contributed by atoms with Crippen molar-refractivity contribution in [2.45, 2.75) is 13.5 Å². The van der Waals surface area contributed by atoms with Crippen LogP contribution in [0.5, 0.6) is 5.75 Å². The van der Waals surface area contributed by atoms with Gasteiger partial charge in [-0.3, -0.25) is 0 Å². The van der Waals surface area contributed by atoms with E-state index in [0.717, 1.165) is 11.1 Å². The monoisotopic (exact) mass is 338 g/mol. The molecule has 2 amide bonds. The third-order valence-corrected chi connectivity index (χ3v) is 3.58. The number of hydrogen-bond donors (Lipinski definition) is 2. The summed E-state index contributed by atoms with van der Waals surface area (Å²) in [6.07, 6.45) is 0. The molecule has 3 rings (SSSR count). The molecular formula is C18H18N4O3. The van der Waals surface area contributed by atoms with Gasteiger partial charge in [0.05, 0.1) is 13.7 Å². The van der Waals surface area contributed by atoms with E-state index in [1.54, 1.807) is 31.4 Å². The summed E-state index contributed by atoms with van der Waals surface area (Å²) in [5.74, 6) is 1.50. The second kappa shape index (κ2) is 7.48. The van der Waals surface area contributed by atoms with Gasteiger partial charge in [0.25, 0.3) is 0 Å². The Morgan fingerprint density at radius 1 is 1.20 bits per heavy atom. The minimum absolute atomic E-state index is 0.134. The summed E-state index contributed by atoms with van der Waals surface area (Å²) in [7, 11) is 1.57. The van der Waals surface area contributed by atoms with Crippen LogP contribution in [-0.2, 0) is 6.54 Å². The van der Waals surface area contributed by atoms with Crippen molar-refractivity contribution in [3.63, 3.8) is 0 Å². The fourth-order valence-electron chi connectivity index (χ4n) is 2.29. The zero-order chi connectivity index (χ0) is 17.6. The Bertz CT molecular complexity index is 876. The fourth-order valence-corrected chi connectivity index (χ4v) is 2.29. The van der Waals surface area contributed by atoms with Gasteiger partial charge in [0.15, 0.2) is 0 Å². The largest absolute Gasteiger partial charge is 0.497 e. The summed E-state index contributed by atoms with van der Waals surface area (Å²) >= 11 is 0. The quantitative estimate of drug-likeness (QED) is 0.744. The van der Waals surface area contributed by atoms with Crippen LogP contribution in [0.1, 0.15) is 11.5 Å². The molecule has 7 heteroatoms. The molecule has 0 spiro atoms. The summed E-state index contributed by atoms with van der Waals surface area (Å²) < 4.78 is 10.3. The van der Waals surface area contributed by atoms with E-state index < -0.39 is 0 Å². The third-order valence-electron chi connectivity index (χ3n) is 3.58. The molecule has 1 aromatic heterocycles. The highest BCUT2D eigenvalue weighted by atomic mass is 16.5. The first-order chi connectivity index (χ1) is 12.2. The van der Waals surface area contributed by atoms with Crippen LogP contribution in [0, 0.1) is 6.92 Å². The summed E-state index contributed by atoms with van der Waals surface area (Å²) in [4.78, 5) is 16.3. The van der Waals surface area contributed by atoms with Gasteiger partial charge in [0.2, 0.25) is 11.7 Å². The molecule has 0 saturated heterocycles. The lowest BCUT2D eigenvalue weighted by molar-refractivity contribution is 0.249. The van der Waals surface area contributed by atoms with Crippen LogP contribution in [0.2, 0.25) is 0 Å². The van der Waals surface area contributed by atoms with Crippen molar-refractivity contribution in [1.29, 1.82) is 0 Å². The second-order valence-electron chi connectivity index (χ2n) is 5.37. The van der Waals surface area contributed by atoms with Crippen molar-refractivity contribution in [3.8, 4) is 17.1 Å². The molecule has 0 atom stereocenters. The van der Waals surface area contributed by atoms with Gasteiger partial charge in [-0.15, -0.1) is 0 Å². The molecule has 0 saturated carbocycles. The fraction of sp³-hybridized carbons (Fsp3) is 0.167. The lowest BCUT2D eigenvalue weighted by Crippen LogP contribution is -2.28. The van der Waals surface area contributed by atoms with E-state index in [4.69, 9.17) is 9.26 Å². The number of ether oxygens (including phenoxy) is 1. The molecule has 0 aliphatic rings. The van der Waals surface area contributed by atoms with Gasteiger partial charge < -0.3 is 19.9 Å². The number of nitrogens with zero attached hydrogens (tertiary/aromatic N) is 2. The van der Waals surface area contributed by atoms with Gasteiger partial charge in [0, 0.05) is 17.3 Å². The maximum atomic E-state index is 12.0. The Morgan fingerprint density at radius 2 is 2.04 bits per heavy atom. The van der Waals surface area contributed by atoms with Gasteiger partial charge in [-0.05, 0) is 24.6 Å². The topological polar surface area (TPSA) is 89.3 Å². The molecule has 7 nitrogen and oxygen atoms in total. The number of hydrogen-bond acceptors (Lipinski definition) is 5. The first kappa shape index (κ1) is 16.5. The number of nitrogens with one attached hydrogen (secondary N) is 2. The molecule has 128 valence electrons. The number of aryl methyl sites for hydroxylation is 1. The van der Waals surface area contributed by atoms with Gasteiger partial charge in [0.1, 0.15) is 5.75 Å². The molecule has 0 aliphatic heterocycles. The summed E-state index contributed by atoms with van der Waals surface area (Å²) in [5, 5.41) is 9.35. The van der Waals surface area contributed by atoms with Gasteiger partial charge in [-0.2, -0.15) is 4.98 Å². The van der Waals surface area contributed by atoms with Crippen LogP contribution in [0.3, 0.4) is 0 Å². The normalized spacial score (nSPS) is 10.3. The smallest absolute Gasteiger partial charge is 0.319 e. The Balaban J connectivity index is 1.58. The van der Waals surface area contributed by atoms with E-state index in [1.165, 1.54) is 0 Å². The summed E-state index contributed by atoms with van der Waals surface area (Å²) in [5.41, 5.74) is 2.58. The van der Waals surface area contributed by atoms with Crippen molar-refractivity contribution in [2.24, 2.45) is 0 Å². The van der Waals surface area contributed by atoms with Crippen molar-refractivity contribution in [3.05, 3.63) is 60.0 Å². The van der Waals surface area contributed by atoms with E-state index in [2.05, 4.69) is 20.8 Å². The first-order valence-electron chi connectivity index (χ1n) is 7.73. The van der Waals surface area contributed by atoms with E-state index >= 15 is 0 Å². The average molecular weight is 338 g/mol. The molecule has 1 heterocycles. The highest BCUT2D eigenvalue weighted by Gasteiger charge is 2.11. The van der Waals surface area contributed by atoms with E-state index in [9.17, 15) is 4.79 Å². The van der Waals surface area contributed by atoms with Crippen molar-refractivity contribution in [2.75, 3.05) is 12.4 Å². The Morgan fingerprint density at radius 3 is 2.84 bits per heavy atom. The van der Waals surface area contributed by atoms with Gasteiger partial charge >= 0.3 is 6.03 Å². The number of rotatable bonds is 5. The zero-order valence-electron chi connectivity index (χ0n) is 13.9. The molecule has 2 N–H and O–H groups in total. The first-order valence-corrected chi connectivity index (χ1v) is 7.73. The minimum Gasteiger partial charge on any atom is -0.497 e. The van der Waals surface area contributed by atoms with Gasteiger partial charge in [-0.1, -0.05) is 35.5 Å². The lowest BCUT2D eigenvalue weighted by atomic mass is 10.1. The molecule has 0 aliphatic carbocycles.